The number of nitrogens with two attached hydrogens (primary N) is 1. The van der Waals surface area contributed by atoms with E-state index in [0.717, 1.165) is 5.57 Å². The van der Waals surface area contributed by atoms with Gasteiger partial charge < -0.3 is 5.73 Å². The molecule has 0 bridgehead atoms. The molecule has 0 aromatic rings. The first-order chi connectivity index (χ1) is 5.79. The number of amides is 1. The monoisotopic (exact) mass is 161 g/mol. The molecule has 2 aliphatic rings. The minimum absolute atomic E-state index is 0.388. The second-order valence-corrected chi connectivity index (χ2v) is 2.62. The zero-order valence-corrected chi connectivity index (χ0v) is 6.27. The molecule has 0 aromatic heterocycles. The lowest BCUT2D eigenvalue weighted by Crippen LogP contribution is -2.30. The van der Waals surface area contributed by atoms with Crippen LogP contribution in [0.1, 0.15) is 0 Å². The first-order valence-electron chi connectivity index (χ1n) is 3.58. The van der Waals surface area contributed by atoms with Crippen LogP contribution < -0.4 is 5.73 Å². The largest absolute Gasteiger partial charge is 0.369 e. The van der Waals surface area contributed by atoms with Gasteiger partial charge in [-0.1, -0.05) is 18.2 Å². The summed E-state index contributed by atoms with van der Waals surface area (Å²) >= 11 is 0. The Morgan fingerprint density at radius 1 is 1.58 bits per heavy atom. The lowest BCUT2D eigenvalue weighted by molar-refractivity contribution is -0.118. The molecule has 0 fully saturated rings. The molecule has 1 unspecified atom stereocenters. The summed E-state index contributed by atoms with van der Waals surface area (Å²) in [6.45, 7) is 0. The van der Waals surface area contributed by atoms with Gasteiger partial charge in [0.1, 0.15) is 5.92 Å². The van der Waals surface area contributed by atoms with Crippen LogP contribution in [0.25, 0.3) is 0 Å². The van der Waals surface area contributed by atoms with Crippen LogP contribution in [0.5, 0.6) is 0 Å². The molecule has 2 rings (SSSR count). The molecule has 1 aliphatic heterocycles. The number of rotatable bonds is 1. The van der Waals surface area contributed by atoms with Crippen molar-refractivity contribution in [2.75, 3.05) is 0 Å². The van der Waals surface area contributed by atoms with Crippen molar-refractivity contribution in [1.82, 2.24) is 0 Å². The molecule has 1 atom stereocenters. The van der Waals surface area contributed by atoms with Crippen molar-refractivity contribution in [1.29, 1.82) is 0 Å². The first-order valence-corrected chi connectivity index (χ1v) is 3.58. The number of hydrogen-bond donors (Lipinski definition) is 1. The van der Waals surface area contributed by atoms with Crippen molar-refractivity contribution >= 4 is 17.8 Å². The standard InChI is InChI=1S/C8H7N3O/c9-8(12)6-3-1-2-5-4-10-11-7(5)6/h1-4,6H,(H2,9,12). The van der Waals surface area contributed by atoms with Crippen LogP contribution in [0.2, 0.25) is 0 Å². The maximum Gasteiger partial charge on any atom is 0.230 e. The summed E-state index contributed by atoms with van der Waals surface area (Å²) in [6.07, 6.45) is 6.99. The van der Waals surface area contributed by atoms with Crippen molar-refractivity contribution in [2.24, 2.45) is 21.9 Å². The summed E-state index contributed by atoms with van der Waals surface area (Å²) in [5.41, 5.74) is 6.70. The Morgan fingerprint density at radius 3 is 3.17 bits per heavy atom. The highest BCUT2D eigenvalue weighted by molar-refractivity contribution is 6.26. The normalized spacial score (nSPS) is 24.8. The van der Waals surface area contributed by atoms with Gasteiger partial charge in [0.15, 0.2) is 0 Å². The number of carbonyl (C=O) groups excluding carboxylic acids is 1. The van der Waals surface area contributed by atoms with Crippen LogP contribution in [0.4, 0.5) is 0 Å². The predicted octanol–water partition coefficient (Wildman–Crippen LogP) is 0.0245. The molecule has 4 nitrogen and oxygen atoms in total. The molecule has 0 radical (unpaired) electrons. The quantitative estimate of drug-likeness (QED) is 0.579. The zero-order chi connectivity index (χ0) is 8.55. The summed E-state index contributed by atoms with van der Waals surface area (Å²) in [5, 5.41) is 7.53. The molecule has 1 amide bonds. The van der Waals surface area contributed by atoms with Gasteiger partial charge in [0.25, 0.3) is 0 Å². The Kier molecular flexibility index (Phi) is 1.40. The van der Waals surface area contributed by atoms with Gasteiger partial charge in [-0.25, -0.2) is 0 Å². The topological polar surface area (TPSA) is 67.8 Å². The van der Waals surface area contributed by atoms with Crippen molar-refractivity contribution in [2.45, 2.75) is 0 Å². The van der Waals surface area contributed by atoms with Gasteiger partial charge in [-0.3, -0.25) is 4.79 Å². The van der Waals surface area contributed by atoms with Gasteiger partial charge in [0.05, 0.1) is 11.9 Å². The Labute approximate surface area is 69.2 Å². The second-order valence-electron chi connectivity index (χ2n) is 2.62. The van der Waals surface area contributed by atoms with Crippen molar-refractivity contribution in [3.05, 3.63) is 23.8 Å². The Balaban J connectivity index is 2.39. The Hall–Kier alpha value is -1.71. The van der Waals surface area contributed by atoms with Crippen LogP contribution in [-0.4, -0.2) is 17.8 Å². The first kappa shape index (κ1) is 6.97. The van der Waals surface area contributed by atoms with E-state index in [0.29, 0.717) is 5.71 Å². The second kappa shape index (κ2) is 2.41. The maximum absolute atomic E-state index is 10.9. The number of primary amides is 1. The molecule has 0 saturated heterocycles. The molecule has 0 saturated carbocycles. The third-order valence-corrected chi connectivity index (χ3v) is 1.84. The fourth-order valence-electron chi connectivity index (χ4n) is 1.24. The smallest absolute Gasteiger partial charge is 0.230 e. The number of carbonyl (C=O) groups is 1. The number of allylic oxidation sites excluding steroid dienone is 3. The SMILES string of the molecule is NC(=O)C1C=CC=C2C=NN=C21. The molecule has 60 valence electrons. The van der Waals surface area contributed by atoms with Crippen LogP contribution in [0, 0.1) is 5.92 Å². The fourth-order valence-corrected chi connectivity index (χ4v) is 1.24. The molecular formula is C8H7N3O. The highest BCUT2D eigenvalue weighted by Crippen LogP contribution is 2.18. The molecule has 2 N–H and O–H groups in total. The van der Waals surface area contributed by atoms with Gasteiger partial charge >= 0.3 is 0 Å². The molecular weight excluding hydrogens is 154 g/mol. The van der Waals surface area contributed by atoms with Gasteiger partial charge in [0.2, 0.25) is 5.91 Å². The minimum Gasteiger partial charge on any atom is -0.369 e. The summed E-state index contributed by atoms with van der Waals surface area (Å²) in [4.78, 5) is 10.9. The van der Waals surface area contributed by atoms with E-state index in [1.807, 2.05) is 6.08 Å². The van der Waals surface area contributed by atoms with Gasteiger partial charge in [-0.2, -0.15) is 10.2 Å². The number of nitrogens with zero attached hydrogens (tertiary/aromatic N) is 2. The molecule has 0 aromatic carbocycles. The van der Waals surface area contributed by atoms with Crippen molar-refractivity contribution < 1.29 is 4.79 Å². The van der Waals surface area contributed by atoms with Crippen LogP contribution in [0.3, 0.4) is 0 Å². The van der Waals surface area contributed by atoms with E-state index in [4.69, 9.17) is 5.73 Å². The van der Waals surface area contributed by atoms with Gasteiger partial charge in [-0.15, -0.1) is 0 Å². The number of hydrogen-bond acceptors (Lipinski definition) is 3. The Bertz CT molecular complexity index is 349. The summed E-state index contributed by atoms with van der Waals surface area (Å²) in [6, 6.07) is 0. The van der Waals surface area contributed by atoms with E-state index in [9.17, 15) is 4.79 Å². The van der Waals surface area contributed by atoms with E-state index in [1.54, 1.807) is 18.4 Å². The van der Waals surface area contributed by atoms with Crippen molar-refractivity contribution in [3.63, 3.8) is 0 Å². The van der Waals surface area contributed by atoms with Gasteiger partial charge in [-0.05, 0) is 0 Å². The Morgan fingerprint density at radius 2 is 2.42 bits per heavy atom. The minimum atomic E-state index is -0.410. The third kappa shape index (κ3) is 0.887. The van der Waals surface area contributed by atoms with Crippen LogP contribution >= 0.6 is 0 Å². The highest BCUT2D eigenvalue weighted by Gasteiger charge is 2.25. The van der Waals surface area contributed by atoms with E-state index < -0.39 is 5.92 Å². The van der Waals surface area contributed by atoms with E-state index in [2.05, 4.69) is 10.2 Å². The van der Waals surface area contributed by atoms with Gasteiger partial charge in [0, 0.05) is 5.57 Å². The average molecular weight is 161 g/mol. The maximum atomic E-state index is 10.9. The lowest BCUT2D eigenvalue weighted by Gasteiger charge is -2.11. The highest BCUT2D eigenvalue weighted by atomic mass is 16.1. The predicted molar refractivity (Wildman–Crippen MR) is 45.8 cm³/mol. The van der Waals surface area contributed by atoms with Crippen LogP contribution in [0.15, 0.2) is 34.0 Å². The van der Waals surface area contributed by atoms with E-state index >= 15 is 0 Å². The molecule has 1 heterocycles. The summed E-state index contributed by atoms with van der Waals surface area (Å²) < 4.78 is 0. The van der Waals surface area contributed by atoms with E-state index in [1.165, 1.54) is 0 Å². The molecule has 1 aliphatic carbocycles. The average Bonchev–Trinajstić information content (AvgIpc) is 2.49. The number of fused-ring (bicyclic) bond motifs is 1. The van der Waals surface area contributed by atoms with E-state index in [-0.39, 0.29) is 5.91 Å². The molecule has 4 heteroatoms. The lowest BCUT2D eigenvalue weighted by atomic mass is 9.92. The summed E-state index contributed by atoms with van der Waals surface area (Å²) in [7, 11) is 0. The fraction of sp³-hybridized carbons (Fsp3) is 0.125. The molecule has 0 spiro atoms. The van der Waals surface area contributed by atoms with Crippen LogP contribution in [-0.2, 0) is 4.79 Å². The summed E-state index contributed by atoms with van der Waals surface area (Å²) in [5.74, 6) is -0.798. The third-order valence-electron chi connectivity index (χ3n) is 1.84. The van der Waals surface area contributed by atoms with Crippen molar-refractivity contribution in [3.8, 4) is 0 Å². The molecule has 12 heavy (non-hydrogen) atoms. The zero-order valence-electron chi connectivity index (χ0n) is 6.27.